The van der Waals surface area contributed by atoms with Gasteiger partial charge < -0.3 is 21.3 Å². The summed E-state index contributed by atoms with van der Waals surface area (Å²) in [4.78, 5) is 41.2. The molecule has 0 aromatic heterocycles. The van der Waals surface area contributed by atoms with E-state index >= 15 is 0 Å². The molecular formula is C27H34N4O3. The number of carbonyl (C=O) groups excluding carboxylic acids is 3. The van der Waals surface area contributed by atoms with Crippen molar-refractivity contribution in [1.29, 1.82) is 0 Å². The predicted octanol–water partition coefficient (Wildman–Crippen LogP) is 2.66. The lowest BCUT2D eigenvalue weighted by atomic mass is 9.98. The Morgan fingerprint density at radius 3 is 2.09 bits per heavy atom. The van der Waals surface area contributed by atoms with Gasteiger partial charge in [0.15, 0.2) is 0 Å². The Bertz CT molecular complexity index is 956. The van der Waals surface area contributed by atoms with E-state index in [1.807, 2.05) is 60.7 Å². The fraction of sp³-hybridized carbons (Fsp3) is 0.444. The lowest BCUT2D eigenvalue weighted by Crippen LogP contribution is -2.57. The molecule has 2 aromatic carbocycles. The lowest BCUT2D eigenvalue weighted by molar-refractivity contribution is -0.144. The van der Waals surface area contributed by atoms with Crippen LogP contribution in [-0.4, -0.2) is 46.8 Å². The average Bonchev–Trinajstić information content (AvgIpc) is 3.27. The number of nitrogens with zero attached hydrogens (tertiary/aromatic N) is 1. The summed E-state index contributed by atoms with van der Waals surface area (Å²) in [5.74, 6) is -0.678. The van der Waals surface area contributed by atoms with Gasteiger partial charge in [-0.2, -0.15) is 0 Å². The highest BCUT2D eigenvalue weighted by molar-refractivity contribution is 5.93. The molecule has 2 saturated heterocycles. The van der Waals surface area contributed by atoms with Gasteiger partial charge in [-0.1, -0.05) is 73.5 Å². The Labute approximate surface area is 201 Å². The van der Waals surface area contributed by atoms with Crippen molar-refractivity contribution >= 4 is 17.7 Å². The maximum absolute atomic E-state index is 13.6. The molecule has 0 spiro atoms. The minimum Gasteiger partial charge on any atom is -0.343 e. The smallest absolute Gasteiger partial charge is 0.246 e. The van der Waals surface area contributed by atoms with Crippen molar-refractivity contribution in [2.45, 2.75) is 75.7 Å². The number of rotatable bonds is 6. The zero-order valence-corrected chi connectivity index (χ0v) is 19.7. The van der Waals surface area contributed by atoms with E-state index in [9.17, 15) is 14.4 Å². The summed E-state index contributed by atoms with van der Waals surface area (Å²) in [5, 5.41) is 6.03. The third-order valence-electron chi connectivity index (χ3n) is 6.92. The quantitative estimate of drug-likeness (QED) is 0.614. The molecule has 4 rings (SSSR count). The second kappa shape index (κ2) is 10.8. The van der Waals surface area contributed by atoms with Crippen LogP contribution < -0.4 is 16.4 Å². The summed E-state index contributed by atoms with van der Waals surface area (Å²) in [6.07, 6.45) is 4.67. The van der Waals surface area contributed by atoms with Gasteiger partial charge in [-0.25, -0.2) is 0 Å². The van der Waals surface area contributed by atoms with Gasteiger partial charge in [0.05, 0.1) is 12.1 Å². The zero-order valence-electron chi connectivity index (χ0n) is 19.7. The van der Waals surface area contributed by atoms with Gasteiger partial charge in [0.25, 0.3) is 0 Å². The summed E-state index contributed by atoms with van der Waals surface area (Å²) in [5.41, 5.74) is 7.68. The molecule has 2 aliphatic heterocycles. The molecule has 2 fully saturated rings. The lowest BCUT2D eigenvalue weighted by Gasteiger charge is -2.36. The van der Waals surface area contributed by atoms with Crippen LogP contribution in [0, 0.1) is 0 Å². The minimum absolute atomic E-state index is 0.0187. The molecule has 3 amide bonds. The minimum atomic E-state index is -0.691. The van der Waals surface area contributed by atoms with Crippen molar-refractivity contribution in [1.82, 2.24) is 15.5 Å². The van der Waals surface area contributed by atoms with Gasteiger partial charge in [-0.05, 0) is 43.7 Å². The number of hydrogen-bond acceptors (Lipinski definition) is 4. The van der Waals surface area contributed by atoms with Crippen molar-refractivity contribution in [3.05, 3.63) is 71.8 Å². The predicted molar refractivity (Wildman–Crippen MR) is 131 cm³/mol. The Morgan fingerprint density at radius 1 is 0.912 bits per heavy atom. The van der Waals surface area contributed by atoms with Crippen molar-refractivity contribution in [2.75, 3.05) is 0 Å². The van der Waals surface area contributed by atoms with Crippen LogP contribution in [0.4, 0.5) is 0 Å². The Kier molecular flexibility index (Phi) is 7.63. The fourth-order valence-corrected chi connectivity index (χ4v) is 5.11. The van der Waals surface area contributed by atoms with E-state index in [-0.39, 0.29) is 29.8 Å². The fourth-order valence-electron chi connectivity index (χ4n) is 5.11. The molecule has 4 atom stereocenters. The Hall–Kier alpha value is -3.19. The first-order valence-corrected chi connectivity index (χ1v) is 12.2. The van der Waals surface area contributed by atoms with Crippen molar-refractivity contribution in [3.8, 4) is 0 Å². The van der Waals surface area contributed by atoms with Crippen LogP contribution in [0.5, 0.6) is 0 Å². The van der Waals surface area contributed by atoms with Gasteiger partial charge in [0, 0.05) is 6.04 Å². The van der Waals surface area contributed by atoms with Gasteiger partial charge >= 0.3 is 0 Å². The van der Waals surface area contributed by atoms with Crippen LogP contribution in [0.2, 0.25) is 0 Å². The number of nitrogens with two attached hydrogens (primary N) is 1. The normalized spacial score (nSPS) is 23.6. The molecule has 0 unspecified atom stereocenters. The molecule has 0 radical (unpaired) electrons. The number of nitrogens with one attached hydrogen (secondary N) is 2. The largest absolute Gasteiger partial charge is 0.343 e. The number of amides is 3. The molecule has 2 aromatic rings. The molecule has 4 N–H and O–H groups in total. The average molecular weight is 463 g/mol. The van der Waals surface area contributed by atoms with E-state index in [1.165, 1.54) is 0 Å². The molecule has 0 aliphatic carbocycles. The summed E-state index contributed by atoms with van der Waals surface area (Å²) >= 11 is 0. The van der Waals surface area contributed by atoms with Crippen LogP contribution >= 0.6 is 0 Å². The van der Waals surface area contributed by atoms with E-state index in [0.717, 1.165) is 36.8 Å². The van der Waals surface area contributed by atoms with Gasteiger partial charge in [0.1, 0.15) is 12.1 Å². The monoisotopic (exact) mass is 462 g/mol. The third-order valence-corrected chi connectivity index (χ3v) is 6.92. The zero-order chi connectivity index (χ0) is 24.1. The molecular weight excluding hydrogens is 428 g/mol. The molecule has 2 aliphatic rings. The molecule has 180 valence electrons. The Morgan fingerprint density at radius 2 is 1.50 bits per heavy atom. The number of fused-ring (bicyclic) bond motifs is 1. The van der Waals surface area contributed by atoms with Crippen LogP contribution in [0.3, 0.4) is 0 Å². The molecule has 34 heavy (non-hydrogen) atoms. The topological polar surface area (TPSA) is 105 Å². The van der Waals surface area contributed by atoms with Gasteiger partial charge in [-0.3, -0.25) is 14.4 Å². The van der Waals surface area contributed by atoms with Crippen LogP contribution in [0.15, 0.2) is 60.7 Å². The third kappa shape index (κ3) is 5.30. The van der Waals surface area contributed by atoms with Crippen molar-refractivity contribution in [3.63, 3.8) is 0 Å². The summed E-state index contributed by atoms with van der Waals surface area (Å²) in [6.45, 7) is 1.60. The van der Waals surface area contributed by atoms with Crippen molar-refractivity contribution in [2.24, 2.45) is 5.73 Å². The summed E-state index contributed by atoms with van der Waals surface area (Å²) in [6, 6.07) is 17.5. The molecule has 0 saturated carbocycles. The summed E-state index contributed by atoms with van der Waals surface area (Å²) in [7, 11) is 0. The highest BCUT2D eigenvalue weighted by Gasteiger charge is 2.44. The molecule has 7 heteroatoms. The first-order valence-electron chi connectivity index (χ1n) is 12.2. The Balaban J connectivity index is 1.57. The van der Waals surface area contributed by atoms with Crippen LogP contribution in [-0.2, 0) is 14.4 Å². The maximum Gasteiger partial charge on any atom is 0.246 e. The second-order valence-corrected chi connectivity index (χ2v) is 9.39. The second-order valence-electron chi connectivity index (χ2n) is 9.39. The molecule has 2 heterocycles. The van der Waals surface area contributed by atoms with E-state index in [1.54, 1.807) is 11.8 Å². The molecule has 0 bridgehead atoms. The van der Waals surface area contributed by atoms with E-state index < -0.39 is 18.1 Å². The van der Waals surface area contributed by atoms with Crippen molar-refractivity contribution < 1.29 is 14.4 Å². The van der Waals surface area contributed by atoms with E-state index in [0.29, 0.717) is 12.8 Å². The van der Waals surface area contributed by atoms with Crippen LogP contribution in [0.1, 0.15) is 62.6 Å². The van der Waals surface area contributed by atoms with E-state index in [2.05, 4.69) is 10.6 Å². The standard InChI is InChI=1S/C27H34N4O3/c1-18(28)25(32)29-22-15-9-8-14-21-16-17-23(31(21)27(22)34)26(33)30-24(19-10-4-2-5-11-19)20-12-6-3-7-13-20/h2-7,10-13,18,21-24H,8-9,14-17,28H2,1H3,(H,29,32)(H,30,33)/t18-,21-,22-,23-/m0/s1. The SMILES string of the molecule is C[C@H](N)C(=O)N[C@H]1CCCC[C@H]2CC[C@@H](C(=O)NC(c3ccccc3)c3ccccc3)N2C1=O. The highest BCUT2D eigenvalue weighted by atomic mass is 16.2. The number of carbonyl (C=O) groups is 3. The van der Waals surface area contributed by atoms with Crippen LogP contribution in [0.25, 0.3) is 0 Å². The summed E-state index contributed by atoms with van der Waals surface area (Å²) < 4.78 is 0. The van der Waals surface area contributed by atoms with Gasteiger partial charge in [-0.15, -0.1) is 0 Å². The number of hydrogen-bond donors (Lipinski definition) is 3. The first-order chi connectivity index (χ1) is 16.5. The molecule has 7 nitrogen and oxygen atoms in total. The highest BCUT2D eigenvalue weighted by Crippen LogP contribution is 2.32. The van der Waals surface area contributed by atoms with Gasteiger partial charge in [0.2, 0.25) is 17.7 Å². The van der Waals surface area contributed by atoms with E-state index in [4.69, 9.17) is 5.73 Å². The first kappa shape index (κ1) is 24.0. The number of benzene rings is 2. The maximum atomic E-state index is 13.6.